The number of aliphatic hydroxyl groups excluding tert-OH is 3. The maximum atomic E-state index is 9.65. The number of aliphatic hydroxyl groups is 3. The molecule has 6 N–H and O–H groups in total. The maximum absolute atomic E-state index is 9.65. The summed E-state index contributed by atoms with van der Waals surface area (Å²) >= 11 is 0. The Bertz CT molecular complexity index is 255. The summed E-state index contributed by atoms with van der Waals surface area (Å²) in [5.74, 6) is -2.89. The fraction of sp³-hybridized carbons (Fsp3) is 0.750. The van der Waals surface area contributed by atoms with Crippen molar-refractivity contribution in [2.45, 2.75) is 58.3 Å². The van der Waals surface area contributed by atoms with Crippen molar-refractivity contribution in [2.24, 2.45) is 0 Å². The van der Waals surface area contributed by atoms with Crippen molar-refractivity contribution in [3.05, 3.63) is 0 Å². The summed E-state index contributed by atoms with van der Waals surface area (Å²) in [6.07, 6.45) is -2.67. The molecule has 0 aromatic carbocycles. The van der Waals surface area contributed by atoms with E-state index in [4.69, 9.17) is 30.6 Å². The van der Waals surface area contributed by atoms with E-state index in [0.717, 1.165) is 0 Å². The molecule has 0 saturated heterocycles. The number of carboxylic acid groups (broad SMARTS) is 3. The van der Waals surface area contributed by atoms with Crippen LogP contribution in [0.2, 0.25) is 0 Å². The first kappa shape index (κ1) is 28.9. The van der Waals surface area contributed by atoms with Crippen LogP contribution in [0, 0.1) is 0 Å². The van der Waals surface area contributed by atoms with Gasteiger partial charge in [-0.15, -0.1) is 0 Å². The first-order valence-corrected chi connectivity index (χ1v) is 6.08. The van der Waals surface area contributed by atoms with Gasteiger partial charge in [-0.25, -0.2) is 0 Å². The van der Waals surface area contributed by atoms with Crippen LogP contribution >= 0.6 is 0 Å². The first-order chi connectivity index (χ1) is 9.38. The van der Waals surface area contributed by atoms with Gasteiger partial charge in [0.1, 0.15) is 0 Å². The molecule has 0 radical (unpaired) electrons. The molecule has 9 nitrogen and oxygen atoms in total. The Balaban J connectivity index is -0.000000108. The Morgan fingerprint density at radius 3 is 0.773 bits per heavy atom. The molecule has 134 valence electrons. The van der Waals surface area contributed by atoms with Gasteiger partial charge in [-0.1, -0.05) is 0 Å². The SMILES string of the molecule is CC(O)CC(=O)O.CC(O)CC(=O)O.CC(O)CC(=O)O.[AsH3]. The Labute approximate surface area is 139 Å². The number of rotatable bonds is 6. The summed E-state index contributed by atoms with van der Waals surface area (Å²) in [5.41, 5.74) is 0. The van der Waals surface area contributed by atoms with Crippen LogP contribution in [0.1, 0.15) is 40.0 Å². The van der Waals surface area contributed by atoms with Crippen LogP contribution in [0.15, 0.2) is 0 Å². The van der Waals surface area contributed by atoms with E-state index >= 15 is 0 Å². The molecule has 0 amide bonds. The zero-order chi connectivity index (χ0) is 17.6. The fourth-order valence-electron chi connectivity index (χ4n) is 0.758. The molecule has 0 fully saturated rings. The molecule has 0 heterocycles. The van der Waals surface area contributed by atoms with Crippen molar-refractivity contribution >= 4 is 35.9 Å². The van der Waals surface area contributed by atoms with Crippen molar-refractivity contribution in [1.29, 1.82) is 0 Å². The second-order valence-electron chi connectivity index (χ2n) is 4.34. The predicted octanol–water partition coefficient (Wildman–Crippen LogP) is -1.66. The van der Waals surface area contributed by atoms with Gasteiger partial charge in [0.2, 0.25) is 0 Å². The third-order valence-corrected chi connectivity index (χ3v) is 1.41. The van der Waals surface area contributed by atoms with Gasteiger partial charge < -0.3 is 30.6 Å². The third kappa shape index (κ3) is 51.0. The summed E-state index contributed by atoms with van der Waals surface area (Å²) in [6.45, 7) is 4.32. The van der Waals surface area contributed by atoms with Gasteiger partial charge in [-0.3, -0.25) is 14.4 Å². The molecule has 0 aliphatic rings. The number of hydrogen-bond donors (Lipinski definition) is 6. The van der Waals surface area contributed by atoms with E-state index in [2.05, 4.69) is 0 Å². The van der Waals surface area contributed by atoms with Gasteiger partial charge >= 0.3 is 35.9 Å². The van der Waals surface area contributed by atoms with Gasteiger partial charge in [0, 0.05) is 0 Å². The minimum atomic E-state index is -0.963. The average molecular weight is 390 g/mol. The Morgan fingerprint density at radius 1 is 0.636 bits per heavy atom. The van der Waals surface area contributed by atoms with Crippen molar-refractivity contribution in [1.82, 2.24) is 0 Å². The van der Waals surface area contributed by atoms with Gasteiger partial charge in [-0.2, -0.15) is 0 Å². The van der Waals surface area contributed by atoms with Crippen LogP contribution in [0.4, 0.5) is 0 Å². The van der Waals surface area contributed by atoms with E-state index in [0.29, 0.717) is 0 Å². The number of hydrogen-bond acceptors (Lipinski definition) is 6. The quantitative estimate of drug-likeness (QED) is 0.290. The average Bonchev–Trinajstić information content (AvgIpc) is 2.10. The molecule has 0 bridgehead atoms. The molecule has 0 aromatic heterocycles. The third-order valence-electron chi connectivity index (χ3n) is 1.41. The second-order valence-corrected chi connectivity index (χ2v) is 4.34. The molecular weight excluding hydrogens is 363 g/mol. The van der Waals surface area contributed by atoms with E-state index in [1.165, 1.54) is 20.8 Å². The number of carbonyl (C=O) groups is 3. The summed E-state index contributed by atoms with van der Waals surface area (Å²) in [4.78, 5) is 28.9. The zero-order valence-electron chi connectivity index (χ0n) is 13.0. The number of carboxylic acids is 3. The normalized spacial score (nSPS) is 12.8. The zero-order valence-corrected chi connectivity index (χ0v) is 15.9. The monoisotopic (exact) mass is 390 g/mol. The van der Waals surface area contributed by atoms with Crippen LogP contribution < -0.4 is 0 Å². The second kappa shape index (κ2) is 17.9. The molecule has 0 saturated carbocycles. The van der Waals surface area contributed by atoms with Crippen molar-refractivity contribution < 1.29 is 45.0 Å². The van der Waals surface area contributed by atoms with Crippen LogP contribution in [0.25, 0.3) is 0 Å². The van der Waals surface area contributed by atoms with Crippen LogP contribution in [-0.4, -0.2) is 84.8 Å². The summed E-state index contributed by atoms with van der Waals surface area (Å²) in [6, 6.07) is 0. The standard InChI is InChI=1S/3C4H8O3.AsH3/c3*1-3(5)2-4(6)7;/h3*3,5H,2H2,1H3,(H,6,7);1H3. The van der Waals surface area contributed by atoms with Gasteiger partial charge in [0.25, 0.3) is 0 Å². The molecule has 0 aromatic rings. The minimum absolute atomic E-state index is 0. The topological polar surface area (TPSA) is 173 Å². The van der Waals surface area contributed by atoms with Crippen LogP contribution in [-0.2, 0) is 14.4 Å². The van der Waals surface area contributed by atoms with E-state index in [-0.39, 0.29) is 37.2 Å². The molecule has 0 aliphatic heterocycles. The molecule has 22 heavy (non-hydrogen) atoms. The van der Waals surface area contributed by atoms with Crippen LogP contribution in [0.3, 0.4) is 0 Å². The van der Waals surface area contributed by atoms with Gasteiger partial charge in [0.05, 0.1) is 37.6 Å². The van der Waals surface area contributed by atoms with Crippen molar-refractivity contribution in [3.63, 3.8) is 0 Å². The van der Waals surface area contributed by atoms with Gasteiger partial charge in [0.15, 0.2) is 0 Å². The molecular formula is C12H27AsO9. The van der Waals surface area contributed by atoms with E-state index in [1.807, 2.05) is 0 Å². The molecule has 0 aliphatic carbocycles. The fourth-order valence-corrected chi connectivity index (χ4v) is 0.758. The number of aliphatic carboxylic acids is 3. The summed E-state index contributed by atoms with van der Waals surface area (Å²) < 4.78 is 0. The predicted molar refractivity (Wildman–Crippen MR) is 81.7 cm³/mol. The molecule has 10 heteroatoms. The summed E-state index contributed by atoms with van der Waals surface area (Å²) in [7, 11) is 0. The van der Waals surface area contributed by atoms with E-state index in [1.54, 1.807) is 0 Å². The Morgan fingerprint density at radius 2 is 0.773 bits per heavy atom. The molecule has 4 unspecified atom stereocenters. The first-order valence-electron chi connectivity index (χ1n) is 6.08. The van der Waals surface area contributed by atoms with E-state index < -0.39 is 36.2 Å². The van der Waals surface area contributed by atoms with Crippen molar-refractivity contribution in [3.8, 4) is 0 Å². The molecule has 0 rings (SSSR count). The Hall–Kier alpha value is -1.15. The summed E-state index contributed by atoms with van der Waals surface area (Å²) in [5, 5.41) is 48.8. The van der Waals surface area contributed by atoms with Crippen LogP contribution in [0.5, 0.6) is 0 Å². The van der Waals surface area contributed by atoms with Gasteiger partial charge in [-0.05, 0) is 20.8 Å². The molecule has 4 atom stereocenters. The molecule has 0 spiro atoms. The van der Waals surface area contributed by atoms with Crippen molar-refractivity contribution in [2.75, 3.05) is 0 Å². The van der Waals surface area contributed by atoms with E-state index in [9.17, 15) is 14.4 Å². The Kier molecular flexibility index (Phi) is 23.5.